The van der Waals surface area contributed by atoms with Crippen molar-refractivity contribution in [2.24, 2.45) is 17.8 Å². The number of hydrogen-bond acceptors (Lipinski definition) is 15. The average molecular weight is 1380 g/mol. The third-order valence-corrected chi connectivity index (χ3v) is 19.3. The summed E-state index contributed by atoms with van der Waals surface area (Å²) in [4.78, 5) is 72.7. The van der Waals surface area contributed by atoms with E-state index in [1.807, 2.05) is 0 Å². The summed E-state index contributed by atoms with van der Waals surface area (Å²) in [6, 6.07) is 0. The Kier molecular flexibility index (Phi) is 64.3. The number of ether oxygens (including phenoxy) is 4. The van der Waals surface area contributed by atoms with Crippen molar-refractivity contribution >= 4 is 39.5 Å². The maximum absolute atomic E-state index is 13.1. The lowest BCUT2D eigenvalue weighted by Gasteiger charge is -2.21. The van der Waals surface area contributed by atoms with E-state index >= 15 is 0 Å². The van der Waals surface area contributed by atoms with Gasteiger partial charge in [0.25, 0.3) is 0 Å². The van der Waals surface area contributed by atoms with Gasteiger partial charge in [0.05, 0.1) is 26.4 Å². The van der Waals surface area contributed by atoms with Gasteiger partial charge < -0.3 is 33.8 Å². The van der Waals surface area contributed by atoms with Crippen molar-refractivity contribution in [2.45, 2.75) is 401 Å². The summed E-state index contributed by atoms with van der Waals surface area (Å²) in [5.41, 5.74) is 0. The Morgan fingerprint density at radius 1 is 0.287 bits per heavy atom. The lowest BCUT2D eigenvalue weighted by molar-refractivity contribution is -0.161. The molecule has 558 valence electrons. The first-order chi connectivity index (χ1) is 45.2. The van der Waals surface area contributed by atoms with E-state index in [9.17, 15) is 43.2 Å². The minimum Gasteiger partial charge on any atom is -0.462 e. The van der Waals surface area contributed by atoms with E-state index in [0.29, 0.717) is 25.7 Å². The minimum absolute atomic E-state index is 0.105. The van der Waals surface area contributed by atoms with Crippen LogP contribution >= 0.6 is 15.6 Å². The quantitative estimate of drug-likeness (QED) is 0.0222. The molecule has 17 nitrogen and oxygen atoms in total. The summed E-state index contributed by atoms with van der Waals surface area (Å²) >= 11 is 0. The number of phosphoric ester groups is 2. The normalized spacial score (nSPS) is 14.1. The van der Waals surface area contributed by atoms with E-state index in [1.165, 1.54) is 193 Å². The molecule has 0 aromatic rings. The van der Waals surface area contributed by atoms with Gasteiger partial charge in [-0.15, -0.1) is 0 Å². The van der Waals surface area contributed by atoms with E-state index in [2.05, 4.69) is 48.5 Å². The lowest BCUT2D eigenvalue weighted by Crippen LogP contribution is -2.30. The van der Waals surface area contributed by atoms with Crippen LogP contribution in [0.2, 0.25) is 0 Å². The van der Waals surface area contributed by atoms with Gasteiger partial charge in [-0.25, -0.2) is 9.13 Å². The number of hydrogen-bond donors (Lipinski definition) is 3. The highest BCUT2D eigenvalue weighted by atomic mass is 31.2. The van der Waals surface area contributed by atoms with Crippen molar-refractivity contribution in [3.05, 3.63) is 0 Å². The van der Waals surface area contributed by atoms with Crippen molar-refractivity contribution < 1.29 is 80.2 Å². The lowest BCUT2D eigenvalue weighted by atomic mass is 10.0. The molecule has 19 heteroatoms. The highest BCUT2D eigenvalue weighted by molar-refractivity contribution is 7.47. The van der Waals surface area contributed by atoms with Crippen molar-refractivity contribution in [3.8, 4) is 0 Å². The van der Waals surface area contributed by atoms with Crippen LogP contribution in [0.5, 0.6) is 0 Å². The first kappa shape index (κ1) is 92.1. The Morgan fingerprint density at radius 3 is 0.723 bits per heavy atom. The summed E-state index contributed by atoms with van der Waals surface area (Å²) in [7, 11) is -9.91. The van der Waals surface area contributed by atoms with Gasteiger partial charge in [0, 0.05) is 25.7 Å². The molecular weight excluding hydrogens is 1230 g/mol. The Labute approximate surface area is 575 Å². The summed E-state index contributed by atoms with van der Waals surface area (Å²) in [5.74, 6) is 0.170. The van der Waals surface area contributed by atoms with E-state index in [0.717, 1.165) is 108 Å². The maximum atomic E-state index is 13.1. The molecule has 2 unspecified atom stereocenters. The molecule has 0 aliphatic carbocycles. The van der Waals surface area contributed by atoms with Crippen LogP contribution in [0, 0.1) is 17.8 Å². The second kappa shape index (κ2) is 65.7. The monoisotopic (exact) mass is 1380 g/mol. The Hall–Kier alpha value is -1.94. The van der Waals surface area contributed by atoms with Crippen molar-refractivity contribution in [2.75, 3.05) is 39.6 Å². The fourth-order valence-corrected chi connectivity index (χ4v) is 13.0. The molecule has 0 spiro atoms. The first-order valence-corrected chi connectivity index (χ1v) is 41.8. The molecule has 5 atom stereocenters. The van der Waals surface area contributed by atoms with Gasteiger partial charge in [-0.3, -0.25) is 37.3 Å². The van der Waals surface area contributed by atoms with Gasteiger partial charge in [-0.1, -0.05) is 331 Å². The van der Waals surface area contributed by atoms with Gasteiger partial charge in [-0.05, 0) is 43.4 Å². The summed E-state index contributed by atoms with van der Waals surface area (Å²) in [6.45, 7) is 11.9. The van der Waals surface area contributed by atoms with Gasteiger partial charge in [0.15, 0.2) is 12.2 Å². The third-order valence-electron chi connectivity index (χ3n) is 17.4. The number of esters is 4. The SMILES string of the molecule is CCCCCCCCCCCCCC(=O)OC[C@H](COP(=O)(O)OC[C@H](O)COP(=O)(O)OC[C@@H](COC(=O)CCCCCCCCCCCC(C)C)OC(=O)CCCCCCCCCCCCCCCCCCC(C)C)OC(=O)CCCCCCCCCCCC(C)C. The number of unbranched alkanes of at least 4 members (excludes halogenated alkanes) is 41. The van der Waals surface area contributed by atoms with Crippen LogP contribution in [0.15, 0.2) is 0 Å². The molecule has 3 N–H and O–H groups in total. The third kappa shape index (κ3) is 68.6. The number of rotatable bonds is 73. The van der Waals surface area contributed by atoms with Gasteiger partial charge in [-0.2, -0.15) is 0 Å². The molecule has 0 radical (unpaired) electrons. The standard InChI is InChI=1S/C75H146O17P2/c1-8-9-10-11-12-13-20-28-35-42-49-56-72(77)85-62-71(92-75(80)59-52-45-38-31-24-27-34-41-48-55-68(6)7)65-90-94(83,84)88-61-69(76)60-87-93(81,82)89-64-70(63-86-73(78)57-50-43-36-30-23-26-33-40-47-54-67(4)5)91-74(79)58-51-44-37-29-22-19-17-15-14-16-18-21-25-32-39-46-53-66(2)3/h66-71,76H,8-65H2,1-7H3,(H,81,82)(H,83,84)/t69-,70-,71-/m1/s1. The van der Waals surface area contributed by atoms with Crippen LogP contribution in [0.1, 0.15) is 382 Å². The zero-order valence-corrected chi connectivity index (χ0v) is 63.2. The summed E-state index contributed by atoms with van der Waals surface area (Å²) in [6.07, 6.45) is 51.3. The molecule has 0 aromatic heterocycles. The molecule has 0 saturated carbocycles. The first-order valence-electron chi connectivity index (χ1n) is 38.8. The topological polar surface area (TPSA) is 237 Å². The number of aliphatic hydroxyl groups excluding tert-OH is 1. The van der Waals surface area contributed by atoms with E-state index in [4.69, 9.17) is 37.0 Å². The Morgan fingerprint density at radius 2 is 0.489 bits per heavy atom. The zero-order valence-electron chi connectivity index (χ0n) is 61.4. The highest BCUT2D eigenvalue weighted by Crippen LogP contribution is 2.45. The van der Waals surface area contributed by atoms with E-state index in [-0.39, 0.29) is 25.7 Å². The molecule has 0 aliphatic rings. The number of phosphoric acid groups is 2. The molecule has 0 aromatic carbocycles. The summed E-state index contributed by atoms with van der Waals surface area (Å²) < 4.78 is 68.5. The molecule has 0 saturated heterocycles. The maximum Gasteiger partial charge on any atom is 0.472 e. The molecule has 94 heavy (non-hydrogen) atoms. The van der Waals surface area contributed by atoms with Crippen LogP contribution < -0.4 is 0 Å². The number of carbonyl (C=O) groups is 4. The average Bonchev–Trinajstić information content (AvgIpc) is 1.37. The number of carbonyl (C=O) groups excluding carboxylic acids is 4. The fraction of sp³-hybridized carbons (Fsp3) is 0.947. The predicted octanol–water partition coefficient (Wildman–Crippen LogP) is 21.8. The predicted molar refractivity (Wildman–Crippen MR) is 381 cm³/mol. The molecule has 0 heterocycles. The fourth-order valence-electron chi connectivity index (χ4n) is 11.4. The highest BCUT2D eigenvalue weighted by Gasteiger charge is 2.30. The molecule has 0 amide bonds. The molecule has 0 fully saturated rings. The number of aliphatic hydroxyl groups is 1. The van der Waals surface area contributed by atoms with Crippen molar-refractivity contribution in [3.63, 3.8) is 0 Å². The van der Waals surface area contributed by atoms with Gasteiger partial charge in [0.1, 0.15) is 19.3 Å². The van der Waals surface area contributed by atoms with E-state index in [1.54, 1.807) is 0 Å². The Bertz CT molecular complexity index is 1840. The van der Waals surface area contributed by atoms with Gasteiger partial charge in [0.2, 0.25) is 0 Å². The second-order valence-electron chi connectivity index (χ2n) is 28.5. The molecule has 0 bridgehead atoms. The molecule has 0 rings (SSSR count). The Balaban J connectivity index is 5.23. The van der Waals surface area contributed by atoms with Crippen LogP contribution in [-0.2, 0) is 65.4 Å². The van der Waals surface area contributed by atoms with Crippen LogP contribution in [-0.4, -0.2) is 96.7 Å². The van der Waals surface area contributed by atoms with Gasteiger partial charge >= 0.3 is 39.5 Å². The second-order valence-corrected chi connectivity index (χ2v) is 31.4. The van der Waals surface area contributed by atoms with Crippen LogP contribution in [0.4, 0.5) is 0 Å². The smallest absolute Gasteiger partial charge is 0.462 e. The van der Waals surface area contributed by atoms with Crippen molar-refractivity contribution in [1.29, 1.82) is 0 Å². The van der Waals surface area contributed by atoms with Crippen LogP contribution in [0.3, 0.4) is 0 Å². The minimum atomic E-state index is -4.96. The van der Waals surface area contributed by atoms with E-state index < -0.39 is 97.5 Å². The van der Waals surface area contributed by atoms with Crippen molar-refractivity contribution in [1.82, 2.24) is 0 Å². The van der Waals surface area contributed by atoms with Crippen LogP contribution in [0.25, 0.3) is 0 Å². The molecule has 0 aliphatic heterocycles. The molecular formula is C75H146O17P2. The summed E-state index contributed by atoms with van der Waals surface area (Å²) in [5, 5.41) is 10.6. The largest absolute Gasteiger partial charge is 0.472 e. The zero-order chi connectivity index (χ0) is 69.4.